The third-order valence-electron chi connectivity index (χ3n) is 2.94. The lowest BCUT2D eigenvalue weighted by atomic mass is 10.2. The molecule has 4 nitrogen and oxygen atoms in total. The monoisotopic (exact) mass is 339 g/mol. The molecule has 0 aromatic heterocycles. The Kier molecular flexibility index (Phi) is 11.6. The number of halogens is 5. The van der Waals surface area contributed by atoms with Gasteiger partial charge in [0.05, 0.1) is 6.54 Å². The molecule has 1 aliphatic rings. The summed E-state index contributed by atoms with van der Waals surface area (Å²) in [6.45, 7) is 1.16. The summed E-state index contributed by atoms with van der Waals surface area (Å²) in [4.78, 5) is 14.7. The molecule has 1 rings (SSSR count). The van der Waals surface area contributed by atoms with Gasteiger partial charge in [0.2, 0.25) is 5.91 Å². The smallest absolute Gasteiger partial charge is 0.341 e. The summed E-state index contributed by atoms with van der Waals surface area (Å²) in [5.74, 6) is -0.00527. The second-order valence-electron chi connectivity index (χ2n) is 4.52. The molecule has 0 atom stereocenters. The molecule has 1 heterocycles. The molecule has 0 aliphatic carbocycles. The number of alkyl halides is 3. The van der Waals surface area contributed by atoms with E-state index in [4.69, 9.17) is 5.73 Å². The van der Waals surface area contributed by atoms with Crippen LogP contribution in [0.15, 0.2) is 0 Å². The molecular formula is C11H22Cl2F3N3O. The van der Waals surface area contributed by atoms with Crippen LogP contribution in [-0.4, -0.2) is 61.2 Å². The van der Waals surface area contributed by atoms with Crippen molar-refractivity contribution in [1.29, 1.82) is 0 Å². The van der Waals surface area contributed by atoms with Crippen molar-refractivity contribution in [3.05, 3.63) is 0 Å². The van der Waals surface area contributed by atoms with Crippen molar-refractivity contribution in [1.82, 2.24) is 9.80 Å². The summed E-state index contributed by atoms with van der Waals surface area (Å²) in [7, 11) is 0. The zero-order valence-electron chi connectivity index (χ0n) is 11.2. The van der Waals surface area contributed by atoms with Crippen LogP contribution in [0.4, 0.5) is 13.2 Å². The van der Waals surface area contributed by atoms with Crippen LogP contribution < -0.4 is 5.73 Å². The first-order chi connectivity index (χ1) is 8.42. The fourth-order valence-corrected chi connectivity index (χ4v) is 2.04. The van der Waals surface area contributed by atoms with Crippen LogP contribution >= 0.6 is 24.8 Å². The SMILES string of the molecule is Cl.Cl.NCCCC(=O)N1CCCN(CC(F)(F)F)CC1. The van der Waals surface area contributed by atoms with Crippen LogP contribution in [0, 0.1) is 0 Å². The number of rotatable bonds is 4. The summed E-state index contributed by atoms with van der Waals surface area (Å²) < 4.78 is 36.8. The minimum atomic E-state index is -4.17. The van der Waals surface area contributed by atoms with Gasteiger partial charge in [-0.1, -0.05) is 0 Å². The van der Waals surface area contributed by atoms with Gasteiger partial charge in [-0.15, -0.1) is 24.8 Å². The van der Waals surface area contributed by atoms with E-state index in [1.54, 1.807) is 4.90 Å². The van der Waals surface area contributed by atoms with Crippen molar-refractivity contribution in [2.24, 2.45) is 5.73 Å². The summed E-state index contributed by atoms with van der Waals surface area (Å²) in [6.07, 6.45) is -2.57. The number of amides is 1. The maximum atomic E-state index is 12.3. The van der Waals surface area contributed by atoms with Crippen LogP contribution in [0.2, 0.25) is 0 Å². The van der Waals surface area contributed by atoms with Crippen molar-refractivity contribution in [3.8, 4) is 0 Å². The van der Waals surface area contributed by atoms with E-state index in [1.807, 2.05) is 0 Å². The van der Waals surface area contributed by atoms with Crippen molar-refractivity contribution in [3.63, 3.8) is 0 Å². The molecule has 20 heavy (non-hydrogen) atoms. The minimum Gasteiger partial charge on any atom is -0.341 e. The predicted molar refractivity (Wildman–Crippen MR) is 76.5 cm³/mol. The van der Waals surface area contributed by atoms with Gasteiger partial charge in [0.15, 0.2) is 0 Å². The first-order valence-corrected chi connectivity index (χ1v) is 6.19. The highest BCUT2D eigenvalue weighted by Gasteiger charge is 2.31. The van der Waals surface area contributed by atoms with Gasteiger partial charge in [0, 0.05) is 32.6 Å². The highest BCUT2D eigenvalue weighted by Crippen LogP contribution is 2.17. The number of hydrogen-bond acceptors (Lipinski definition) is 3. The summed E-state index contributed by atoms with van der Waals surface area (Å²) in [6, 6.07) is 0. The van der Waals surface area contributed by atoms with Gasteiger partial charge >= 0.3 is 6.18 Å². The molecule has 0 saturated carbocycles. The van der Waals surface area contributed by atoms with Crippen LogP contribution in [0.25, 0.3) is 0 Å². The van der Waals surface area contributed by atoms with Crippen LogP contribution in [0.3, 0.4) is 0 Å². The Balaban J connectivity index is 0. The van der Waals surface area contributed by atoms with E-state index in [0.29, 0.717) is 45.4 Å². The molecule has 1 aliphatic heterocycles. The maximum absolute atomic E-state index is 12.3. The highest BCUT2D eigenvalue weighted by atomic mass is 35.5. The fourth-order valence-electron chi connectivity index (χ4n) is 2.04. The number of hydrogen-bond donors (Lipinski definition) is 1. The first-order valence-electron chi connectivity index (χ1n) is 6.19. The topological polar surface area (TPSA) is 49.6 Å². The number of carbonyl (C=O) groups excluding carboxylic acids is 1. The molecule has 0 radical (unpaired) electrons. The van der Waals surface area contributed by atoms with E-state index >= 15 is 0 Å². The molecule has 0 unspecified atom stereocenters. The van der Waals surface area contributed by atoms with E-state index in [-0.39, 0.29) is 37.3 Å². The Hall–Kier alpha value is -0.240. The molecule has 1 saturated heterocycles. The van der Waals surface area contributed by atoms with E-state index in [0.717, 1.165) is 0 Å². The molecule has 0 aromatic rings. The average molecular weight is 340 g/mol. The van der Waals surface area contributed by atoms with Gasteiger partial charge < -0.3 is 10.6 Å². The van der Waals surface area contributed by atoms with Crippen molar-refractivity contribution < 1.29 is 18.0 Å². The summed E-state index contributed by atoms with van der Waals surface area (Å²) >= 11 is 0. The highest BCUT2D eigenvalue weighted by molar-refractivity contribution is 5.85. The van der Waals surface area contributed by atoms with Crippen molar-refractivity contribution in [2.45, 2.75) is 25.4 Å². The van der Waals surface area contributed by atoms with Gasteiger partial charge in [0.25, 0.3) is 0 Å². The Morgan fingerprint density at radius 1 is 1.10 bits per heavy atom. The third-order valence-corrected chi connectivity index (χ3v) is 2.94. The first kappa shape index (κ1) is 22.0. The molecular weight excluding hydrogens is 318 g/mol. The van der Waals surface area contributed by atoms with Gasteiger partial charge in [-0.2, -0.15) is 13.2 Å². The quantitative estimate of drug-likeness (QED) is 0.847. The van der Waals surface area contributed by atoms with Crippen LogP contribution in [0.5, 0.6) is 0 Å². The lowest BCUT2D eigenvalue weighted by Crippen LogP contribution is -2.38. The zero-order chi connectivity index (χ0) is 13.6. The average Bonchev–Trinajstić information content (AvgIpc) is 2.49. The van der Waals surface area contributed by atoms with Crippen molar-refractivity contribution >= 4 is 30.7 Å². The second-order valence-corrected chi connectivity index (χ2v) is 4.52. The van der Waals surface area contributed by atoms with Gasteiger partial charge in [-0.05, 0) is 19.4 Å². The van der Waals surface area contributed by atoms with E-state index in [2.05, 4.69) is 0 Å². The maximum Gasteiger partial charge on any atom is 0.401 e. The van der Waals surface area contributed by atoms with Gasteiger partial charge in [0.1, 0.15) is 0 Å². The summed E-state index contributed by atoms with van der Waals surface area (Å²) in [5, 5.41) is 0. The van der Waals surface area contributed by atoms with E-state index in [9.17, 15) is 18.0 Å². The predicted octanol–water partition coefficient (Wildman–Crippen LogP) is 1.67. The van der Waals surface area contributed by atoms with E-state index in [1.165, 1.54) is 4.90 Å². The lowest BCUT2D eigenvalue weighted by molar-refractivity contribution is -0.145. The molecule has 1 amide bonds. The van der Waals surface area contributed by atoms with Crippen LogP contribution in [0.1, 0.15) is 19.3 Å². The molecule has 0 aromatic carbocycles. The third kappa shape index (κ3) is 8.84. The molecule has 2 N–H and O–H groups in total. The Morgan fingerprint density at radius 2 is 1.75 bits per heavy atom. The van der Waals surface area contributed by atoms with Gasteiger partial charge in [-0.25, -0.2) is 0 Å². The second kappa shape index (κ2) is 10.5. The largest absolute Gasteiger partial charge is 0.401 e. The Labute approximate surface area is 129 Å². The fraction of sp³-hybridized carbons (Fsp3) is 0.909. The zero-order valence-corrected chi connectivity index (χ0v) is 12.8. The standard InChI is InChI=1S/C11H20F3N3O.2ClH/c12-11(13,14)9-16-5-2-6-17(8-7-16)10(18)3-1-4-15;;/h1-9,15H2;2*1H. The molecule has 122 valence electrons. The number of nitrogens with zero attached hydrogens (tertiary/aromatic N) is 2. The Bertz CT molecular complexity index is 280. The summed E-state index contributed by atoms with van der Waals surface area (Å²) in [5.41, 5.74) is 5.32. The molecule has 9 heteroatoms. The number of carbonyl (C=O) groups is 1. The normalized spacial score (nSPS) is 16.9. The molecule has 0 spiro atoms. The number of nitrogens with two attached hydrogens (primary N) is 1. The minimum absolute atomic E-state index is 0. The van der Waals surface area contributed by atoms with Crippen molar-refractivity contribution in [2.75, 3.05) is 39.3 Å². The van der Waals surface area contributed by atoms with Gasteiger partial charge in [-0.3, -0.25) is 9.69 Å². The molecule has 1 fully saturated rings. The van der Waals surface area contributed by atoms with E-state index < -0.39 is 12.7 Å². The van der Waals surface area contributed by atoms with Crippen LogP contribution in [-0.2, 0) is 4.79 Å². The Morgan fingerprint density at radius 3 is 2.30 bits per heavy atom. The molecule has 0 bridgehead atoms. The lowest BCUT2D eigenvalue weighted by Gasteiger charge is -2.22.